The minimum Gasteiger partial charge on any atom is -0.474 e. The molecular formula is C19H22FN5O3S. The summed E-state index contributed by atoms with van der Waals surface area (Å²) in [6, 6.07) is 5.94. The molecule has 2 aliphatic heterocycles. The van der Waals surface area contributed by atoms with Gasteiger partial charge < -0.3 is 20.8 Å². The molecule has 2 aliphatic rings. The Morgan fingerprint density at radius 1 is 1.28 bits per heavy atom. The van der Waals surface area contributed by atoms with Gasteiger partial charge in [-0.15, -0.1) is 0 Å². The van der Waals surface area contributed by atoms with Crippen molar-refractivity contribution in [3.05, 3.63) is 41.5 Å². The van der Waals surface area contributed by atoms with Crippen molar-refractivity contribution in [3.63, 3.8) is 0 Å². The van der Waals surface area contributed by atoms with Gasteiger partial charge in [-0.05, 0) is 50.3 Å². The molecule has 0 spiro atoms. The predicted molar refractivity (Wildman–Crippen MR) is 107 cm³/mol. The predicted octanol–water partition coefficient (Wildman–Crippen LogP) is 2.66. The van der Waals surface area contributed by atoms with Gasteiger partial charge in [-0.2, -0.15) is 8.42 Å². The van der Waals surface area contributed by atoms with E-state index >= 15 is 0 Å². The molecule has 10 heteroatoms. The second-order valence-electron chi connectivity index (χ2n) is 7.11. The fraction of sp³-hybridized carbons (Fsp3) is 0.421. The molecule has 4 rings (SSSR count). The lowest BCUT2D eigenvalue weighted by Gasteiger charge is -2.29. The van der Waals surface area contributed by atoms with E-state index in [1.807, 2.05) is 13.0 Å². The van der Waals surface area contributed by atoms with E-state index in [2.05, 4.69) is 20.6 Å². The first-order chi connectivity index (χ1) is 14.0. The van der Waals surface area contributed by atoms with Crippen molar-refractivity contribution in [3.8, 4) is 5.88 Å². The minimum atomic E-state index is -0.750. The van der Waals surface area contributed by atoms with Gasteiger partial charge in [0, 0.05) is 18.3 Å². The van der Waals surface area contributed by atoms with Gasteiger partial charge in [-0.25, -0.2) is 14.4 Å². The van der Waals surface area contributed by atoms with Gasteiger partial charge in [0.15, 0.2) is 0 Å². The Morgan fingerprint density at radius 3 is 2.59 bits per heavy atom. The molecule has 0 aliphatic carbocycles. The monoisotopic (exact) mass is 419 g/mol. The van der Waals surface area contributed by atoms with Gasteiger partial charge in [0.1, 0.15) is 24.1 Å². The van der Waals surface area contributed by atoms with E-state index in [9.17, 15) is 4.39 Å². The average molecular weight is 419 g/mol. The van der Waals surface area contributed by atoms with Gasteiger partial charge in [-0.3, -0.25) is 0 Å². The molecule has 2 unspecified atom stereocenters. The van der Waals surface area contributed by atoms with Gasteiger partial charge in [-0.1, -0.05) is 6.07 Å². The third kappa shape index (κ3) is 5.21. The Morgan fingerprint density at radius 2 is 1.97 bits per heavy atom. The van der Waals surface area contributed by atoms with Crippen molar-refractivity contribution in [2.24, 2.45) is 0 Å². The Balaban J connectivity index is 0.000000755. The Labute approximate surface area is 171 Å². The molecule has 0 radical (unpaired) electrons. The maximum absolute atomic E-state index is 14.1. The van der Waals surface area contributed by atoms with E-state index in [1.54, 1.807) is 6.07 Å². The summed E-state index contributed by atoms with van der Waals surface area (Å²) in [5, 5.41) is 14.3. The quantitative estimate of drug-likeness (QED) is 0.638. The Bertz CT molecular complexity index is 911. The highest BCUT2D eigenvalue weighted by Crippen LogP contribution is 2.31. The molecule has 2 saturated heterocycles. The molecule has 3 N–H and O–H groups in total. The van der Waals surface area contributed by atoms with E-state index in [1.165, 1.54) is 25.2 Å². The molecule has 0 saturated carbocycles. The zero-order chi connectivity index (χ0) is 20.8. The fourth-order valence-electron chi connectivity index (χ4n) is 3.81. The van der Waals surface area contributed by atoms with Crippen molar-refractivity contribution >= 4 is 29.3 Å². The lowest BCUT2D eigenvalue weighted by atomic mass is 10.0. The molecule has 154 valence electrons. The van der Waals surface area contributed by atoms with E-state index in [-0.39, 0.29) is 11.9 Å². The summed E-state index contributed by atoms with van der Waals surface area (Å²) in [5.74, 6) is 0.373. The van der Waals surface area contributed by atoms with Crippen molar-refractivity contribution in [2.45, 2.75) is 50.8 Å². The molecular weight excluding hydrogens is 397 g/mol. The number of anilines is 2. The number of rotatable bonds is 5. The summed E-state index contributed by atoms with van der Waals surface area (Å²) < 4.78 is 36.8. The number of halogens is 1. The van der Waals surface area contributed by atoms with Crippen molar-refractivity contribution in [2.75, 3.05) is 5.32 Å². The Hall–Kier alpha value is -2.72. The number of hydrogen-bond donors (Lipinski definition) is 3. The SMILES string of the molecule is Cc1ccc(Nc2ncnc(OC3CC4CCC(C3)N4)c2C=N)c(F)c1.O=S=O. The summed E-state index contributed by atoms with van der Waals surface area (Å²) in [6.45, 7) is 1.83. The third-order valence-electron chi connectivity index (χ3n) is 5.08. The average Bonchev–Trinajstić information content (AvgIpc) is 3.03. The smallest absolute Gasteiger partial charge is 0.335 e. The number of nitrogens with one attached hydrogen (secondary N) is 3. The lowest BCUT2D eigenvalue weighted by Crippen LogP contribution is -2.42. The van der Waals surface area contributed by atoms with Crippen LogP contribution in [0.25, 0.3) is 0 Å². The minimum absolute atomic E-state index is 0.0753. The number of piperidine rings is 1. The summed E-state index contributed by atoms with van der Waals surface area (Å²) in [5.41, 5.74) is 1.58. The molecule has 2 aromatic rings. The molecule has 0 amide bonds. The van der Waals surface area contributed by atoms with E-state index in [0.717, 1.165) is 24.6 Å². The maximum atomic E-state index is 14.1. The largest absolute Gasteiger partial charge is 0.474 e. The highest BCUT2D eigenvalue weighted by molar-refractivity contribution is 7.51. The normalized spacial score (nSPS) is 22.2. The molecule has 3 heterocycles. The van der Waals surface area contributed by atoms with Crippen LogP contribution < -0.4 is 15.4 Å². The van der Waals surface area contributed by atoms with Crippen molar-refractivity contribution in [1.82, 2.24) is 15.3 Å². The fourth-order valence-corrected chi connectivity index (χ4v) is 3.81. The second kappa shape index (κ2) is 9.66. The first-order valence-corrected chi connectivity index (χ1v) is 9.93. The van der Waals surface area contributed by atoms with Crippen LogP contribution in [-0.4, -0.2) is 42.8 Å². The van der Waals surface area contributed by atoms with Gasteiger partial charge >= 0.3 is 11.6 Å². The van der Waals surface area contributed by atoms with Crippen LogP contribution in [0.3, 0.4) is 0 Å². The molecule has 2 atom stereocenters. The zero-order valence-electron chi connectivity index (χ0n) is 15.9. The van der Waals surface area contributed by atoms with Crippen LogP contribution in [0.2, 0.25) is 0 Å². The summed E-state index contributed by atoms with van der Waals surface area (Å²) in [4.78, 5) is 8.39. The Kier molecular flexibility index (Phi) is 6.99. The highest BCUT2D eigenvalue weighted by Gasteiger charge is 2.35. The van der Waals surface area contributed by atoms with Crippen LogP contribution in [0.1, 0.15) is 36.8 Å². The van der Waals surface area contributed by atoms with Crippen molar-refractivity contribution in [1.29, 1.82) is 5.41 Å². The first kappa shape index (κ1) is 21.0. The van der Waals surface area contributed by atoms with Crippen LogP contribution >= 0.6 is 0 Å². The lowest BCUT2D eigenvalue weighted by molar-refractivity contribution is 0.131. The van der Waals surface area contributed by atoms with Crippen molar-refractivity contribution < 1.29 is 17.5 Å². The number of benzene rings is 1. The van der Waals surface area contributed by atoms with Gasteiger partial charge in [0.2, 0.25) is 5.88 Å². The third-order valence-corrected chi connectivity index (χ3v) is 5.08. The molecule has 2 bridgehead atoms. The molecule has 1 aromatic heterocycles. The zero-order valence-corrected chi connectivity index (χ0v) is 16.7. The molecule has 1 aromatic carbocycles. The summed E-state index contributed by atoms with van der Waals surface area (Å²) in [7, 11) is 0. The first-order valence-electron chi connectivity index (χ1n) is 9.27. The van der Waals surface area contributed by atoms with Crippen LogP contribution in [0, 0.1) is 18.2 Å². The van der Waals surface area contributed by atoms with Crippen LogP contribution in [0.15, 0.2) is 24.5 Å². The van der Waals surface area contributed by atoms with Gasteiger partial charge in [0.05, 0.1) is 11.3 Å². The maximum Gasteiger partial charge on any atom is 0.335 e. The highest BCUT2D eigenvalue weighted by atomic mass is 32.1. The number of nitrogens with zero attached hydrogens (tertiary/aromatic N) is 2. The van der Waals surface area contributed by atoms with E-state index < -0.39 is 11.6 Å². The molecule has 8 nitrogen and oxygen atoms in total. The number of fused-ring (bicyclic) bond motifs is 2. The van der Waals surface area contributed by atoms with E-state index in [4.69, 9.17) is 18.6 Å². The number of ether oxygens (including phenoxy) is 1. The van der Waals surface area contributed by atoms with E-state index in [0.29, 0.717) is 35.0 Å². The van der Waals surface area contributed by atoms with Crippen LogP contribution in [0.4, 0.5) is 15.9 Å². The van der Waals surface area contributed by atoms with Gasteiger partial charge in [0.25, 0.3) is 0 Å². The molecule has 2 fully saturated rings. The molecule has 29 heavy (non-hydrogen) atoms. The summed E-state index contributed by atoms with van der Waals surface area (Å²) >= 11 is -0.750. The van der Waals surface area contributed by atoms with Crippen LogP contribution in [-0.2, 0) is 11.6 Å². The second-order valence-corrected chi connectivity index (χ2v) is 7.25. The number of aryl methyl sites for hydroxylation is 1. The number of aromatic nitrogens is 2. The summed E-state index contributed by atoms with van der Waals surface area (Å²) in [6.07, 6.45) is 6.86. The topological polar surface area (TPSA) is 117 Å². The van der Waals surface area contributed by atoms with Crippen LogP contribution in [0.5, 0.6) is 5.88 Å². The number of hydrogen-bond acceptors (Lipinski definition) is 8. The standard InChI is InChI=1S/C19H22FN5O.O2S/c1-11-2-5-17(16(20)6-11)25-18-15(9-21)19(23-10-22-18)26-14-7-12-3-4-13(8-14)24-12;1-3-2/h2,5-6,9-10,12-14,21,24H,3-4,7-8H2,1H3,(H,22,23,25);.